The lowest BCUT2D eigenvalue weighted by Crippen LogP contribution is -2.66. The highest BCUT2D eigenvalue weighted by Gasteiger charge is 2.81. The molecule has 10 heteroatoms. The molecule has 112 valence electrons. The van der Waals surface area contributed by atoms with Crippen LogP contribution in [-0.4, -0.2) is 40.4 Å². The van der Waals surface area contributed by atoms with Crippen molar-refractivity contribution >= 4 is 21.9 Å². The number of rotatable bonds is 2. The van der Waals surface area contributed by atoms with Gasteiger partial charge in [0.1, 0.15) is 6.04 Å². The molecule has 1 aliphatic heterocycles. The summed E-state index contributed by atoms with van der Waals surface area (Å²) in [5.41, 5.74) is -5.41. The van der Waals surface area contributed by atoms with Gasteiger partial charge in [0.2, 0.25) is 0 Å². The van der Waals surface area contributed by atoms with Crippen LogP contribution < -0.4 is 0 Å². The Hall–Kier alpha value is -0.510. The van der Waals surface area contributed by atoms with Gasteiger partial charge in [-0.15, -0.1) is 0 Å². The molecule has 0 saturated carbocycles. The zero-order valence-corrected chi connectivity index (χ0v) is 11.4. The van der Waals surface area contributed by atoms with Crippen molar-refractivity contribution in [3.05, 3.63) is 0 Å². The van der Waals surface area contributed by atoms with Crippen molar-refractivity contribution in [1.29, 1.82) is 0 Å². The zero-order valence-electron chi connectivity index (χ0n) is 9.77. The summed E-state index contributed by atoms with van der Waals surface area (Å²) in [4.78, 5) is 11.4. The average Bonchev–Trinajstić information content (AvgIpc) is 2.49. The van der Waals surface area contributed by atoms with Gasteiger partial charge in [-0.1, -0.05) is 29.8 Å². The monoisotopic (exact) mass is 357 g/mol. The van der Waals surface area contributed by atoms with Crippen molar-refractivity contribution in [1.82, 2.24) is 4.90 Å². The second kappa shape index (κ2) is 4.80. The number of cyclic esters (lactones) is 1. The van der Waals surface area contributed by atoms with E-state index in [1.165, 1.54) is 13.8 Å². The summed E-state index contributed by atoms with van der Waals surface area (Å²) >= 11 is 2.57. The van der Waals surface area contributed by atoms with Gasteiger partial charge in [0.25, 0.3) is 0 Å². The molecule has 19 heavy (non-hydrogen) atoms. The minimum Gasteiger partial charge on any atom is -0.423 e. The van der Waals surface area contributed by atoms with E-state index in [1.807, 2.05) is 0 Å². The van der Waals surface area contributed by atoms with Crippen molar-refractivity contribution in [2.24, 2.45) is 5.92 Å². The topological polar surface area (TPSA) is 29.5 Å². The number of halogens is 7. The Bertz CT molecular complexity index is 353. The van der Waals surface area contributed by atoms with Crippen LogP contribution in [0.5, 0.6) is 0 Å². The van der Waals surface area contributed by atoms with Gasteiger partial charge in [0, 0.05) is 0 Å². The molecule has 0 unspecified atom stereocenters. The molecule has 3 nitrogen and oxygen atoms in total. The highest BCUT2D eigenvalue weighted by Crippen LogP contribution is 2.53. The first-order valence-corrected chi connectivity index (χ1v) is 6.21. The van der Waals surface area contributed by atoms with Crippen molar-refractivity contribution in [3.63, 3.8) is 0 Å². The van der Waals surface area contributed by atoms with Crippen LogP contribution in [0.3, 0.4) is 0 Å². The molecule has 0 aromatic carbocycles. The van der Waals surface area contributed by atoms with Gasteiger partial charge in [-0.2, -0.15) is 26.3 Å². The van der Waals surface area contributed by atoms with Crippen molar-refractivity contribution < 1.29 is 35.9 Å². The molecule has 1 fully saturated rings. The molecule has 1 heterocycles. The summed E-state index contributed by atoms with van der Waals surface area (Å²) in [6.07, 6.45) is -11.6. The van der Waals surface area contributed by atoms with Gasteiger partial charge in [0.15, 0.2) is 0 Å². The van der Waals surface area contributed by atoms with Crippen LogP contribution in [0.25, 0.3) is 0 Å². The van der Waals surface area contributed by atoms with Gasteiger partial charge in [-0.25, -0.2) is 4.90 Å². The second-order valence-electron chi connectivity index (χ2n) is 4.34. The molecule has 0 radical (unpaired) electrons. The molecule has 0 aromatic rings. The first-order chi connectivity index (χ1) is 8.40. The Labute approximate surface area is 113 Å². The predicted molar refractivity (Wildman–Crippen MR) is 55.2 cm³/mol. The SMILES string of the molecule is CC(C)[C@H]1C(=O)OC(C(F)(F)F)(C(F)(F)F)N1CBr. The van der Waals surface area contributed by atoms with Crippen LogP contribution in [0.2, 0.25) is 0 Å². The molecule has 1 atom stereocenters. The average molecular weight is 358 g/mol. The normalized spacial score (nSPS) is 24.9. The lowest BCUT2D eigenvalue weighted by molar-refractivity contribution is -0.399. The van der Waals surface area contributed by atoms with E-state index in [2.05, 4.69) is 20.7 Å². The van der Waals surface area contributed by atoms with Gasteiger partial charge < -0.3 is 4.74 Å². The van der Waals surface area contributed by atoms with E-state index in [0.29, 0.717) is 0 Å². The fourth-order valence-electron chi connectivity index (χ4n) is 1.98. The first-order valence-electron chi connectivity index (χ1n) is 5.09. The molecule has 1 saturated heterocycles. The second-order valence-corrected chi connectivity index (χ2v) is 4.84. The Kier molecular flexibility index (Phi) is 4.18. The van der Waals surface area contributed by atoms with Crippen LogP contribution in [0.15, 0.2) is 0 Å². The molecule has 0 bridgehead atoms. The minimum absolute atomic E-state index is 0.0556. The molecule has 0 aliphatic carbocycles. The summed E-state index contributed by atoms with van der Waals surface area (Å²) in [5.74, 6) is -2.30. The molecular formula is C9H10BrF6NO2. The molecule has 0 spiro atoms. The fourth-order valence-corrected chi connectivity index (χ4v) is 2.65. The summed E-state index contributed by atoms with van der Waals surface area (Å²) in [5, 5.41) is 0. The minimum atomic E-state index is -5.79. The highest BCUT2D eigenvalue weighted by molar-refractivity contribution is 9.09. The lowest BCUT2D eigenvalue weighted by atomic mass is 10.0. The number of alkyl halides is 7. The smallest absolute Gasteiger partial charge is 0.423 e. The number of hydrogen-bond donors (Lipinski definition) is 0. The largest absolute Gasteiger partial charge is 0.453 e. The quantitative estimate of drug-likeness (QED) is 0.329. The summed E-state index contributed by atoms with van der Waals surface area (Å²) in [7, 11) is 0. The number of hydrogen-bond acceptors (Lipinski definition) is 3. The standard InChI is InChI=1S/C9H10BrF6NO2/c1-4(2)5-6(18)19-7(8(11,12)13,9(14,15)16)17(5)3-10/h4-5H,3H2,1-2H3/t5-/m0/s1. The molecule has 0 amide bonds. The maximum Gasteiger partial charge on any atom is 0.453 e. The number of ether oxygens (including phenoxy) is 1. The van der Waals surface area contributed by atoms with Gasteiger partial charge in [-0.3, -0.25) is 4.79 Å². The number of nitrogens with zero attached hydrogens (tertiary/aromatic N) is 1. The van der Waals surface area contributed by atoms with Crippen molar-refractivity contribution in [2.45, 2.75) is 38.0 Å². The zero-order chi connectivity index (χ0) is 15.2. The van der Waals surface area contributed by atoms with Gasteiger partial charge in [0.05, 0.1) is 5.45 Å². The Morgan fingerprint density at radius 1 is 1.26 bits per heavy atom. The summed E-state index contributed by atoms with van der Waals surface area (Å²) in [6.45, 7) is 2.68. The van der Waals surface area contributed by atoms with E-state index in [4.69, 9.17) is 0 Å². The molecular weight excluding hydrogens is 348 g/mol. The van der Waals surface area contributed by atoms with Crippen LogP contribution >= 0.6 is 15.9 Å². The van der Waals surface area contributed by atoms with E-state index in [-0.39, 0.29) is 4.90 Å². The van der Waals surface area contributed by atoms with Crippen molar-refractivity contribution in [3.8, 4) is 0 Å². The van der Waals surface area contributed by atoms with Crippen molar-refractivity contribution in [2.75, 3.05) is 5.45 Å². The van der Waals surface area contributed by atoms with E-state index in [9.17, 15) is 31.1 Å². The number of carbonyl (C=O) groups is 1. The van der Waals surface area contributed by atoms with E-state index in [1.54, 1.807) is 0 Å². The lowest BCUT2D eigenvalue weighted by Gasteiger charge is -2.39. The van der Waals surface area contributed by atoms with E-state index >= 15 is 0 Å². The predicted octanol–water partition coefficient (Wildman–Crippen LogP) is 3.04. The molecule has 1 aliphatic rings. The van der Waals surface area contributed by atoms with E-state index in [0.717, 1.165) is 0 Å². The molecule has 0 aromatic heterocycles. The maximum atomic E-state index is 12.9. The first kappa shape index (κ1) is 16.5. The highest BCUT2D eigenvalue weighted by atomic mass is 79.9. The fraction of sp³-hybridized carbons (Fsp3) is 0.889. The Balaban J connectivity index is 3.46. The Morgan fingerprint density at radius 2 is 1.68 bits per heavy atom. The third kappa shape index (κ3) is 2.32. The Morgan fingerprint density at radius 3 is 1.95 bits per heavy atom. The van der Waals surface area contributed by atoms with Crippen LogP contribution in [0.4, 0.5) is 26.3 Å². The summed E-state index contributed by atoms with van der Waals surface area (Å²) < 4.78 is 81.2. The molecule has 1 rings (SSSR count). The van der Waals surface area contributed by atoms with E-state index < -0.39 is 41.5 Å². The van der Waals surface area contributed by atoms with Crippen LogP contribution in [0.1, 0.15) is 13.8 Å². The molecule has 0 N–H and O–H groups in total. The number of carbonyl (C=O) groups excluding carboxylic acids is 1. The number of esters is 1. The summed E-state index contributed by atoms with van der Waals surface area (Å²) in [6, 6.07) is -1.62. The van der Waals surface area contributed by atoms with Gasteiger partial charge >= 0.3 is 24.0 Å². The van der Waals surface area contributed by atoms with Crippen LogP contribution in [-0.2, 0) is 9.53 Å². The van der Waals surface area contributed by atoms with Crippen LogP contribution in [0, 0.1) is 5.92 Å². The maximum absolute atomic E-state index is 12.9. The third-order valence-electron chi connectivity index (χ3n) is 2.76. The third-order valence-corrected chi connectivity index (χ3v) is 3.30. The van der Waals surface area contributed by atoms with Gasteiger partial charge in [-0.05, 0) is 5.92 Å².